The molecule has 1 aromatic rings. The Balaban J connectivity index is 2.18. The van der Waals surface area contributed by atoms with E-state index in [1.807, 2.05) is 6.07 Å². The van der Waals surface area contributed by atoms with Gasteiger partial charge in [0.25, 0.3) is 0 Å². The summed E-state index contributed by atoms with van der Waals surface area (Å²) in [6.07, 6.45) is 0. The second kappa shape index (κ2) is 8.88. The van der Waals surface area contributed by atoms with Gasteiger partial charge in [-0.15, -0.1) is 11.3 Å². The van der Waals surface area contributed by atoms with Gasteiger partial charge in [0, 0.05) is 44.2 Å². The number of hydrogen-bond acceptors (Lipinski definition) is 4. The molecule has 0 spiro atoms. The number of ether oxygens (including phenoxy) is 1. The van der Waals surface area contributed by atoms with Crippen molar-refractivity contribution in [3.8, 4) is 0 Å². The first-order valence-corrected chi connectivity index (χ1v) is 7.51. The molecule has 1 aromatic heterocycles. The van der Waals surface area contributed by atoms with Crippen LogP contribution < -0.4 is 5.32 Å². The lowest BCUT2D eigenvalue weighted by molar-refractivity contribution is 0.130. The van der Waals surface area contributed by atoms with Crippen LogP contribution in [-0.4, -0.2) is 44.3 Å². The van der Waals surface area contributed by atoms with Crippen LogP contribution in [0.15, 0.2) is 12.1 Å². The maximum atomic E-state index is 5.89. The number of nitrogens with one attached hydrogen (secondary N) is 1. The topological polar surface area (TPSA) is 24.5 Å². The van der Waals surface area contributed by atoms with Crippen LogP contribution in [0.3, 0.4) is 0 Å². The van der Waals surface area contributed by atoms with Crippen molar-refractivity contribution in [3.05, 3.63) is 21.3 Å². The molecule has 0 aliphatic rings. The molecule has 1 rings (SSSR count). The van der Waals surface area contributed by atoms with Gasteiger partial charge in [-0.2, -0.15) is 0 Å². The molecular weight excluding hydrogens is 268 g/mol. The zero-order chi connectivity index (χ0) is 13.4. The first kappa shape index (κ1) is 15.9. The first-order chi connectivity index (χ1) is 8.63. The zero-order valence-corrected chi connectivity index (χ0v) is 13.0. The van der Waals surface area contributed by atoms with Crippen molar-refractivity contribution in [2.24, 2.45) is 0 Å². The van der Waals surface area contributed by atoms with Crippen molar-refractivity contribution in [3.63, 3.8) is 0 Å². The molecule has 0 aliphatic heterocycles. The van der Waals surface area contributed by atoms with E-state index in [9.17, 15) is 0 Å². The molecule has 0 saturated carbocycles. The van der Waals surface area contributed by atoms with Crippen LogP contribution in [-0.2, 0) is 11.3 Å². The molecule has 3 nitrogen and oxygen atoms in total. The number of thiophene rings is 1. The average Bonchev–Trinajstić information content (AvgIpc) is 2.73. The fourth-order valence-electron chi connectivity index (χ4n) is 1.72. The van der Waals surface area contributed by atoms with Gasteiger partial charge in [0.2, 0.25) is 0 Å². The number of hydrogen-bond donors (Lipinski definition) is 1. The van der Waals surface area contributed by atoms with Gasteiger partial charge in [-0.3, -0.25) is 4.90 Å². The third-order valence-electron chi connectivity index (χ3n) is 2.82. The molecule has 0 bridgehead atoms. The third kappa shape index (κ3) is 6.16. The molecule has 0 amide bonds. The highest BCUT2D eigenvalue weighted by Gasteiger charge is 2.08. The quantitative estimate of drug-likeness (QED) is 0.708. The predicted molar refractivity (Wildman–Crippen MR) is 79.6 cm³/mol. The van der Waals surface area contributed by atoms with Crippen LogP contribution in [0, 0.1) is 0 Å². The van der Waals surface area contributed by atoms with Gasteiger partial charge < -0.3 is 10.1 Å². The number of rotatable bonds is 9. The van der Waals surface area contributed by atoms with Crippen LogP contribution in [0.5, 0.6) is 0 Å². The summed E-state index contributed by atoms with van der Waals surface area (Å²) in [7, 11) is 1.75. The largest absolute Gasteiger partial charge is 0.383 e. The monoisotopic (exact) mass is 290 g/mol. The van der Waals surface area contributed by atoms with Crippen molar-refractivity contribution in [2.75, 3.05) is 33.4 Å². The van der Waals surface area contributed by atoms with Crippen LogP contribution in [0.4, 0.5) is 0 Å². The highest BCUT2D eigenvalue weighted by molar-refractivity contribution is 7.16. The van der Waals surface area contributed by atoms with Crippen LogP contribution >= 0.6 is 22.9 Å². The lowest BCUT2D eigenvalue weighted by atomic mass is 10.3. The zero-order valence-electron chi connectivity index (χ0n) is 11.4. The smallest absolute Gasteiger partial charge is 0.0931 e. The normalized spacial score (nSPS) is 11.7. The van der Waals surface area contributed by atoms with Crippen LogP contribution in [0.2, 0.25) is 4.34 Å². The van der Waals surface area contributed by atoms with Gasteiger partial charge in [-0.1, -0.05) is 11.6 Å². The van der Waals surface area contributed by atoms with E-state index in [1.165, 1.54) is 4.88 Å². The Kier molecular flexibility index (Phi) is 7.86. The minimum Gasteiger partial charge on any atom is -0.383 e. The Hall–Kier alpha value is -0.130. The van der Waals surface area contributed by atoms with Gasteiger partial charge in [-0.25, -0.2) is 0 Å². The van der Waals surface area contributed by atoms with Crippen molar-refractivity contribution >= 4 is 22.9 Å². The summed E-state index contributed by atoms with van der Waals surface area (Å²) in [4.78, 5) is 3.70. The summed E-state index contributed by atoms with van der Waals surface area (Å²) < 4.78 is 5.98. The Bertz CT molecular complexity index is 331. The van der Waals surface area contributed by atoms with E-state index in [-0.39, 0.29) is 0 Å². The van der Waals surface area contributed by atoms with Gasteiger partial charge >= 0.3 is 0 Å². The lowest BCUT2D eigenvalue weighted by Crippen LogP contribution is -2.38. The fraction of sp³-hybridized carbons (Fsp3) is 0.692. The van der Waals surface area contributed by atoms with E-state index in [2.05, 4.69) is 30.1 Å². The Morgan fingerprint density at radius 1 is 1.39 bits per heavy atom. The summed E-state index contributed by atoms with van der Waals surface area (Å²) in [5, 5.41) is 3.45. The minimum absolute atomic E-state index is 0.554. The van der Waals surface area contributed by atoms with Gasteiger partial charge in [0.05, 0.1) is 10.9 Å². The average molecular weight is 291 g/mol. The molecule has 0 aliphatic carbocycles. The Morgan fingerprint density at radius 2 is 2.17 bits per heavy atom. The van der Waals surface area contributed by atoms with Crippen molar-refractivity contribution in [1.29, 1.82) is 0 Å². The van der Waals surface area contributed by atoms with Crippen LogP contribution in [0.25, 0.3) is 0 Å². The van der Waals surface area contributed by atoms with Gasteiger partial charge in [0.15, 0.2) is 0 Å². The van der Waals surface area contributed by atoms with E-state index in [0.29, 0.717) is 6.04 Å². The van der Waals surface area contributed by atoms with E-state index < -0.39 is 0 Å². The molecule has 0 atom stereocenters. The maximum Gasteiger partial charge on any atom is 0.0931 e. The summed E-state index contributed by atoms with van der Waals surface area (Å²) in [6, 6.07) is 4.58. The molecule has 0 unspecified atom stereocenters. The molecule has 0 saturated heterocycles. The second-order valence-corrected chi connectivity index (χ2v) is 6.30. The van der Waals surface area contributed by atoms with Gasteiger partial charge in [0.1, 0.15) is 0 Å². The SMILES string of the molecule is COCCN(CCNCc1ccc(Cl)s1)C(C)C. The standard InChI is InChI=1S/C13H23ClN2OS/c1-11(2)16(8-9-17-3)7-6-15-10-12-4-5-13(14)18-12/h4-5,11,15H,6-10H2,1-3H3. The molecule has 104 valence electrons. The highest BCUT2D eigenvalue weighted by Crippen LogP contribution is 2.20. The maximum absolute atomic E-state index is 5.89. The highest BCUT2D eigenvalue weighted by atomic mass is 35.5. The molecule has 18 heavy (non-hydrogen) atoms. The van der Waals surface area contributed by atoms with E-state index in [4.69, 9.17) is 16.3 Å². The van der Waals surface area contributed by atoms with Crippen LogP contribution in [0.1, 0.15) is 18.7 Å². The molecule has 1 N–H and O–H groups in total. The molecule has 5 heteroatoms. The van der Waals surface area contributed by atoms with Crippen molar-refractivity contribution in [1.82, 2.24) is 10.2 Å². The summed E-state index contributed by atoms with van der Waals surface area (Å²) >= 11 is 7.53. The van der Waals surface area contributed by atoms with Crippen molar-refractivity contribution in [2.45, 2.75) is 26.4 Å². The van der Waals surface area contributed by atoms with E-state index in [0.717, 1.165) is 37.1 Å². The minimum atomic E-state index is 0.554. The second-order valence-electron chi connectivity index (χ2n) is 4.51. The predicted octanol–water partition coefficient (Wildman–Crippen LogP) is 2.85. The fourth-order valence-corrected chi connectivity index (χ4v) is 2.77. The molecule has 1 heterocycles. The molecular formula is C13H23ClN2OS. The number of nitrogens with zero attached hydrogens (tertiary/aromatic N) is 1. The summed E-state index contributed by atoms with van der Waals surface area (Å²) in [6.45, 7) is 9.13. The Morgan fingerprint density at radius 3 is 2.72 bits per heavy atom. The Labute approximate surface area is 119 Å². The molecule has 0 radical (unpaired) electrons. The summed E-state index contributed by atoms with van der Waals surface area (Å²) in [5.74, 6) is 0. The van der Waals surface area contributed by atoms with Crippen molar-refractivity contribution < 1.29 is 4.74 Å². The number of halogens is 1. The van der Waals surface area contributed by atoms with E-state index >= 15 is 0 Å². The van der Waals surface area contributed by atoms with Gasteiger partial charge in [-0.05, 0) is 26.0 Å². The first-order valence-electron chi connectivity index (χ1n) is 6.31. The van der Waals surface area contributed by atoms with E-state index in [1.54, 1.807) is 18.4 Å². The lowest BCUT2D eigenvalue weighted by Gasteiger charge is -2.26. The molecule has 0 aromatic carbocycles. The number of methoxy groups -OCH3 is 1. The molecule has 0 fully saturated rings. The summed E-state index contributed by atoms with van der Waals surface area (Å²) in [5.41, 5.74) is 0. The third-order valence-corrected chi connectivity index (χ3v) is 4.05.